The number of hydrogen-bond acceptors (Lipinski definition) is 5. The van der Waals surface area contributed by atoms with Gasteiger partial charge in [0.1, 0.15) is 5.75 Å². The maximum Gasteiger partial charge on any atom is 0.309 e. The number of carboxylic acid groups (broad SMARTS) is 1. The third-order valence-electron chi connectivity index (χ3n) is 4.08. The highest BCUT2D eigenvalue weighted by molar-refractivity contribution is 7.15. The Bertz CT molecular complexity index is 1000. The summed E-state index contributed by atoms with van der Waals surface area (Å²) in [6.07, 6.45) is 0.663. The van der Waals surface area contributed by atoms with Gasteiger partial charge in [-0.3, -0.25) is 14.0 Å². The van der Waals surface area contributed by atoms with Crippen LogP contribution in [0.15, 0.2) is 23.6 Å². The molecule has 8 heteroatoms. The molecule has 128 valence electrons. The second-order valence-electron chi connectivity index (χ2n) is 5.72. The first-order valence-electron chi connectivity index (χ1n) is 7.83. The number of rotatable bonds is 4. The van der Waals surface area contributed by atoms with Crippen molar-refractivity contribution in [3.63, 3.8) is 0 Å². The molecule has 1 aliphatic rings. The van der Waals surface area contributed by atoms with Crippen molar-refractivity contribution in [3.8, 4) is 17.0 Å². The van der Waals surface area contributed by atoms with Gasteiger partial charge in [-0.25, -0.2) is 4.98 Å². The number of anilines is 1. The van der Waals surface area contributed by atoms with E-state index in [4.69, 9.17) is 9.84 Å². The van der Waals surface area contributed by atoms with E-state index < -0.39 is 5.97 Å². The number of nitrogens with one attached hydrogen (secondary N) is 1. The zero-order valence-electron chi connectivity index (χ0n) is 13.4. The van der Waals surface area contributed by atoms with Gasteiger partial charge in [0.05, 0.1) is 23.5 Å². The van der Waals surface area contributed by atoms with Gasteiger partial charge in [-0.1, -0.05) is 6.92 Å². The van der Waals surface area contributed by atoms with Crippen molar-refractivity contribution in [2.45, 2.75) is 19.8 Å². The van der Waals surface area contributed by atoms with Crippen LogP contribution in [0, 0.1) is 0 Å². The van der Waals surface area contributed by atoms with Crippen molar-refractivity contribution in [1.82, 2.24) is 9.38 Å². The Morgan fingerprint density at radius 1 is 1.48 bits per heavy atom. The van der Waals surface area contributed by atoms with Gasteiger partial charge >= 0.3 is 5.97 Å². The second-order valence-corrected chi connectivity index (χ2v) is 6.56. The first-order chi connectivity index (χ1) is 12.1. The van der Waals surface area contributed by atoms with Crippen LogP contribution in [0.25, 0.3) is 16.2 Å². The van der Waals surface area contributed by atoms with Gasteiger partial charge in [0.2, 0.25) is 0 Å². The molecule has 2 aromatic heterocycles. The van der Waals surface area contributed by atoms with E-state index in [1.807, 2.05) is 34.9 Å². The molecule has 0 saturated heterocycles. The predicted octanol–water partition coefficient (Wildman–Crippen LogP) is 2.58. The van der Waals surface area contributed by atoms with E-state index in [1.54, 1.807) is 0 Å². The molecule has 0 unspecified atom stereocenters. The molecule has 25 heavy (non-hydrogen) atoms. The molecule has 1 aliphatic heterocycles. The molecular formula is C17H15N3O4S. The Kier molecular flexibility index (Phi) is 3.69. The Hall–Kier alpha value is -2.87. The highest BCUT2D eigenvalue weighted by Crippen LogP contribution is 2.35. The molecule has 0 fully saturated rings. The van der Waals surface area contributed by atoms with E-state index in [9.17, 15) is 9.59 Å². The monoisotopic (exact) mass is 357 g/mol. The van der Waals surface area contributed by atoms with E-state index in [-0.39, 0.29) is 18.9 Å². The largest absolute Gasteiger partial charge is 0.482 e. The summed E-state index contributed by atoms with van der Waals surface area (Å²) < 4.78 is 7.31. The number of amides is 1. The number of carbonyl (C=O) groups is 2. The number of nitrogens with zero attached hydrogens (tertiary/aromatic N) is 2. The first kappa shape index (κ1) is 15.6. The molecule has 7 nitrogen and oxygen atoms in total. The number of imidazole rings is 1. The SMILES string of the molecule is CCc1c(-c2ccc3c(c2)NC(=O)CO3)nc2scc(CC(=O)O)n12. The van der Waals surface area contributed by atoms with Crippen LogP contribution in [0.2, 0.25) is 0 Å². The van der Waals surface area contributed by atoms with E-state index in [1.165, 1.54) is 11.3 Å². The van der Waals surface area contributed by atoms with E-state index >= 15 is 0 Å². The number of carbonyl (C=O) groups excluding carboxylic acids is 1. The molecule has 2 N–H and O–H groups in total. The van der Waals surface area contributed by atoms with Crippen molar-refractivity contribution in [2.75, 3.05) is 11.9 Å². The normalized spacial score (nSPS) is 13.4. The maximum atomic E-state index is 11.5. The third-order valence-corrected chi connectivity index (χ3v) is 4.96. The number of hydrogen-bond donors (Lipinski definition) is 2. The van der Waals surface area contributed by atoms with E-state index in [0.717, 1.165) is 27.6 Å². The van der Waals surface area contributed by atoms with Crippen LogP contribution in [0.4, 0.5) is 5.69 Å². The Morgan fingerprint density at radius 2 is 2.32 bits per heavy atom. The average Bonchev–Trinajstić information content (AvgIpc) is 3.13. The first-order valence-corrected chi connectivity index (χ1v) is 8.71. The van der Waals surface area contributed by atoms with Crippen LogP contribution in [0.1, 0.15) is 18.3 Å². The van der Waals surface area contributed by atoms with Crippen molar-refractivity contribution in [3.05, 3.63) is 35.0 Å². The third kappa shape index (κ3) is 2.64. The van der Waals surface area contributed by atoms with Gasteiger partial charge in [-0.05, 0) is 24.6 Å². The molecule has 3 aromatic rings. The lowest BCUT2D eigenvalue weighted by molar-refractivity contribution is -0.136. The summed E-state index contributed by atoms with van der Waals surface area (Å²) in [5.74, 6) is -0.422. The molecule has 1 aromatic carbocycles. The number of fused-ring (bicyclic) bond motifs is 2. The van der Waals surface area contributed by atoms with Gasteiger partial charge in [-0.2, -0.15) is 0 Å². The van der Waals surface area contributed by atoms with Crippen LogP contribution in [0.5, 0.6) is 5.75 Å². The lowest BCUT2D eigenvalue weighted by Crippen LogP contribution is -2.25. The van der Waals surface area contributed by atoms with E-state index in [0.29, 0.717) is 17.9 Å². The molecular weight excluding hydrogens is 342 g/mol. The lowest BCUT2D eigenvalue weighted by atomic mass is 10.1. The second kappa shape index (κ2) is 5.89. The van der Waals surface area contributed by atoms with Crippen LogP contribution in [0.3, 0.4) is 0 Å². The Labute approximate surface area is 146 Å². The molecule has 0 saturated carbocycles. The quantitative estimate of drug-likeness (QED) is 0.749. The van der Waals surface area contributed by atoms with Crippen LogP contribution >= 0.6 is 11.3 Å². The fourth-order valence-corrected chi connectivity index (χ4v) is 3.95. The summed E-state index contributed by atoms with van der Waals surface area (Å²) >= 11 is 1.42. The number of ether oxygens (including phenoxy) is 1. The molecule has 4 rings (SSSR count). The lowest BCUT2D eigenvalue weighted by Gasteiger charge is -2.18. The molecule has 1 amide bonds. The van der Waals surface area contributed by atoms with Gasteiger partial charge in [-0.15, -0.1) is 11.3 Å². The van der Waals surface area contributed by atoms with Crippen LogP contribution in [-0.4, -0.2) is 33.0 Å². The standard InChI is InChI=1S/C17H15N3O4S/c1-2-12-16(19-17-20(12)10(8-25-17)6-15(22)23)9-3-4-13-11(5-9)18-14(21)7-24-13/h3-5,8H,2,6-7H2,1H3,(H,18,21)(H,22,23). The molecule has 0 bridgehead atoms. The Balaban J connectivity index is 1.84. The maximum absolute atomic E-state index is 11.5. The zero-order valence-corrected chi connectivity index (χ0v) is 14.2. The minimum absolute atomic E-state index is 0.0192. The summed E-state index contributed by atoms with van der Waals surface area (Å²) in [5, 5.41) is 13.7. The number of benzene rings is 1. The number of aliphatic carboxylic acids is 1. The minimum Gasteiger partial charge on any atom is -0.482 e. The fraction of sp³-hybridized carbons (Fsp3) is 0.235. The summed E-state index contributed by atoms with van der Waals surface area (Å²) in [5.41, 5.74) is 3.95. The summed E-state index contributed by atoms with van der Waals surface area (Å²) in [7, 11) is 0. The van der Waals surface area contributed by atoms with Crippen molar-refractivity contribution in [1.29, 1.82) is 0 Å². The number of carboxylic acids is 1. The molecule has 0 radical (unpaired) electrons. The van der Waals surface area contributed by atoms with E-state index in [2.05, 4.69) is 10.3 Å². The summed E-state index contributed by atoms with van der Waals surface area (Å²) in [6, 6.07) is 5.56. The van der Waals surface area contributed by atoms with Gasteiger partial charge in [0.15, 0.2) is 11.6 Å². The fourth-order valence-electron chi connectivity index (χ4n) is 3.04. The van der Waals surface area contributed by atoms with Crippen LogP contribution < -0.4 is 10.1 Å². The molecule has 0 spiro atoms. The van der Waals surface area contributed by atoms with Gasteiger partial charge in [0, 0.05) is 16.6 Å². The highest BCUT2D eigenvalue weighted by Gasteiger charge is 2.21. The number of aromatic nitrogens is 2. The average molecular weight is 357 g/mol. The van der Waals surface area contributed by atoms with Crippen molar-refractivity contribution < 1.29 is 19.4 Å². The number of aryl methyl sites for hydroxylation is 1. The smallest absolute Gasteiger partial charge is 0.309 e. The molecule has 0 atom stereocenters. The Morgan fingerprint density at radius 3 is 3.08 bits per heavy atom. The van der Waals surface area contributed by atoms with Crippen LogP contribution in [-0.2, 0) is 22.4 Å². The van der Waals surface area contributed by atoms with Gasteiger partial charge < -0.3 is 15.2 Å². The minimum atomic E-state index is -0.870. The summed E-state index contributed by atoms with van der Waals surface area (Å²) in [6.45, 7) is 2.03. The highest BCUT2D eigenvalue weighted by atomic mass is 32.1. The predicted molar refractivity (Wildman–Crippen MR) is 93.3 cm³/mol. The molecule has 0 aliphatic carbocycles. The zero-order chi connectivity index (χ0) is 17.6. The van der Waals surface area contributed by atoms with Gasteiger partial charge in [0.25, 0.3) is 5.91 Å². The molecule has 3 heterocycles. The number of thiazole rings is 1. The topological polar surface area (TPSA) is 92.9 Å². The van der Waals surface area contributed by atoms with Crippen molar-refractivity contribution >= 4 is 33.9 Å². The van der Waals surface area contributed by atoms with Crippen molar-refractivity contribution in [2.24, 2.45) is 0 Å². The summed E-state index contributed by atoms with van der Waals surface area (Å²) in [4.78, 5) is 28.1.